The highest BCUT2D eigenvalue weighted by Gasteiger charge is 2.71. The first-order valence-corrected chi connectivity index (χ1v) is 10.6. The Hall–Kier alpha value is -3.49. The number of amides is 2. The number of nitrogens with one attached hydrogen (secondary N) is 1. The average molecular weight is 474 g/mol. The number of carbonyl (C=O) groups is 3. The monoisotopic (exact) mass is 474 g/mol. The van der Waals surface area contributed by atoms with Gasteiger partial charge in [0.15, 0.2) is 5.78 Å². The second-order valence-corrected chi connectivity index (χ2v) is 9.32. The van der Waals surface area contributed by atoms with Crippen LogP contribution >= 0.6 is 0 Å². The molecule has 1 unspecified atom stereocenters. The van der Waals surface area contributed by atoms with Crippen LogP contribution in [0.25, 0.3) is 0 Å². The molecule has 34 heavy (non-hydrogen) atoms. The van der Waals surface area contributed by atoms with Crippen molar-refractivity contribution in [2.75, 3.05) is 0 Å². The van der Waals surface area contributed by atoms with Crippen molar-refractivity contribution in [3.05, 3.63) is 82.8 Å². The van der Waals surface area contributed by atoms with E-state index in [1.54, 1.807) is 49.5 Å². The Morgan fingerprint density at radius 3 is 2.24 bits per heavy atom. The van der Waals surface area contributed by atoms with Gasteiger partial charge >= 0.3 is 6.18 Å². The standard InChI is InChI=1S/C25H22F4N2O3/c1-23(2)12-18-20(19(32)13-23)24(25(27,28)29,30-21(33)16-10-6-7-11-17(16)26)22(34)31(18)14-15-8-4-3-5-9-15/h3-11H,12-14H2,1-2H3,(H,30,33). The first-order valence-electron chi connectivity index (χ1n) is 10.6. The molecule has 1 aliphatic carbocycles. The molecule has 0 saturated heterocycles. The second kappa shape index (κ2) is 8.07. The molecule has 1 heterocycles. The molecule has 0 aromatic heterocycles. The van der Waals surface area contributed by atoms with Crippen LogP contribution in [0.1, 0.15) is 42.6 Å². The Bertz CT molecular complexity index is 1200. The maximum Gasteiger partial charge on any atom is 0.425 e. The van der Waals surface area contributed by atoms with Crippen molar-refractivity contribution in [1.82, 2.24) is 10.2 Å². The van der Waals surface area contributed by atoms with Gasteiger partial charge in [0.1, 0.15) is 5.82 Å². The largest absolute Gasteiger partial charge is 0.425 e. The highest BCUT2D eigenvalue weighted by atomic mass is 19.4. The number of Topliss-reactive ketones (excluding diaryl/α,β-unsaturated/α-hetero) is 1. The SMILES string of the molecule is CC1(C)CC(=O)C2=C(C1)N(Cc1ccccc1)C(=O)C2(NC(=O)c1ccccc1F)C(F)(F)F. The van der Waals surface area contributed by atoms with E-state index in [0.717, 1.165) is 17.0 Å². The lowest BCUT2D eigenvalue weighted by atomic mass is 9.72. The van der Waals surface area contributed by atoms with Gasteiger partial charge in [-0.25, -0.2) is 4.39 Å². The number of ketones is 1. The number of rotatable bonds is 4. The molecule has 0 radical (unpaired) electrons. The molecule has 0 fully saturated rings. The summed E-state index contributed by atoms with van der Waals surface area (Å²) in [6, 6.07) is 12.9. The third-order valence-corrected chi connectivity index (χ3v) is 6.15. The number of allylic oxidation sites excluding steroid dienone is 1. The molecule has 2 aromatic rings. The minimum absolute atomic E-state index is 0.0278. The van der Waals surface area contributed by atoms with Gasteiger partial charge in [-0.15, -0.1) is 0 Å². The van der Waals surface area contributed by atoms with Crippen LogP contribution in [-0.2, 0) is 16.1 Å². The smallest absolute Gasteiger partial charge is 0.326 e. The van der Waals surface area contributed by atoms with Gasteiger partial charge in [0.05, 0.1) is 17.7 Å². The van der Waals surface area contributed by atoms with E-state index in [2.05, 4.69) is 0 Å². The van der Waals surface area contributed by atoms with Crippen LogP contribution < -0.4 is 5.32 Å². The molecular weight excluding hydrogens is 452 g/mol. The Balaban J connectivity index is 1.89. The summed E-state index contributed by atoms with van der Waals surface area (Å²) in [5, 5.41) is 1.74. The van der Waals surface area contributed by atoms with Crippen LogP contribution in [0.2, 0.25) is 0 Å². The van der Waals surface area contributed by atoms with Crippen LogP contribution in [0.15, 0.2) is 65.9 Å². The number of alkyl halides is 3. The van der Waals surface area contributed by atoms with Crippen molar-refractivity contribution in [3.63, 3.8) is 0 Å². The molecule has 2 amide bonds. The van der Waals surface area contributed by atoms with E-state index in [-0.39, 0.29) is 25.1 Å². The second-order valence-electron chi connectivity index (χ2n) is 9.32. The van der Waals surface area contributed by atoms with Crippen molar-refractivity contribution < 1.29 is 31.9 Å². The fourth-order valence-electron chi connectivity index (χ4n) is 4.64. The van der Waals surface area contributed by atoms with Crippen LogP contribution in [-0.4, -0.2) is 34.2 Å². The van der Waals surface area contributed by atoms with Gasteiger partial charge in [0, 0.05) is 12.1 Å². The van der Waals surface area contributed by atoms with Gasteiger partial charge in [-0.05, 0) is 29.5 Å². The van der Waals surface area contributed by atoms with Crippen molar-refractivity contribution >= 4 is 17.6 Å². The van der Waals surface area contributed by atoms with Gasteiger partial charge in [-0.2, -0.15) is 13.2 Å². The topological polar surface area (TPSA) is 66.5 Å². The third-order valence-electron chi connectivity index (χ3n) is 6.15. The number of hydrogen-bond acceptors (Lipinski definition) is 3. The molecule has 1 atom stereocenters. The van der Waals surface area contributed by atoms with E-state index in [0.29, 0.717) is 5.56 Å². The van der Waals surface area contributed by atoms with Crippen molar-refractivity contribution in [3.8, 4) is 0 Å². The van der Waals surface area contributed by atoms with Crippen molar-refractivity contribution in [2.24, 2.45) is 5.41 Å². The first-order chi connectivity index (χ1) is 15.9. The molecule has 5 nitrogen and oxygen atoms in total. The normalized spacial score (nSPS) is 22.1. The van der Waals surface area contributed by atoms with E-state index in [9.17, 15) is 31.9 Å². The first kappa shape index (κ1) is 23.7. The summed E-state index contributed by atoms with van der Waals surface area (Å²) in [7, 11) is 0. The number of halogens is 4. The van der Waals surface area contributed by atoms with Crippen LogP contribution in [0, 0.1) is 11.2 Å². The van der Waals surface area contributed by atoms with Gasteiger partial charge in [-0.1, -0.05) is 56.3 Å². The van der Waals surface area contributed by atoms with Crippen LogP contribution in [0.5, 0.6) is 0 Å². The van der Waals surface area contributed by atoms with E-state index in [1.807, 2.05) is 0 Å². The molecule has 4 rings (SSSR count). The Labute approximate surface area is 193 Å². The quantitative estimate of drug-likeness (QED) is 0.662. The molecular formula is C25H22F4N2O3. The van der Waals surface area contributed by atoms with Crippen LogP contribution in [0.3, 0.4) is 0 Å². The van der Waals surface area contributed by atoms with Crippen molar-refractivity contribution in [2.45, 2.75) is 44.9 Å². The summed E-state index contributed by atoms with van der Waals surface area (Å²) >= 11 is 0. The minimum atomic E-state index is -5.35. The average Bonchev–Trinajstić information content (AvgIpc) is 2.97. The summed E-state index contributed by atoms with van der Waals surface area (Å²) in [5.41, 5.74) is -5.26. The molecule has 178 valence electrons. The molecule has 1 aliphatic heterocycles. The van der Waals surface area contributed by atoms with Gasteiger partial charge in [-0.3, -0.25) is 14.4 Å². The fourth-order valence-corrected chi connectivity index (χ4v) is 4.64. The zero-order valence-electron chi connectivity index (χ0n) is 18.5. The Morgan fingerprint density at radius 1 is 1.00 bits per heavy atom. The lowest BCUT2D eigenvalue weighted by Crippen LogP contribution is -2.66. The highest BCUT2D eigenvalue weighted by Crippen LogP contribution is 2.52. The molecule has 2 aromatic carbocycles. The molecule has 1 N–H and O–H groups in total. The van der Waals surface area contributed by atoms with Gasteiger partial charge in [0.2, 0.25) is 5.54 Å². The number of nitrogens with zero attached hydrogens (tertiary/aromatic N) is 1. The maximum absolute atomic E-state index is 14.7. The van der Waals surface area contributed by atoms with E-state index in [1.165, 1.54) is 12.1 Å². The maximum atomic E-state index is 14.7. The summed E-state index contributed by atoms with van der Waals surface area (Å²) in [6.45, 7) is 3.24. The number of carbonyl (C=O) groups excluding carboxylic acids is 3. The predicted molar refractivity (Wildman–Crippen MR) is 115 cm³/mol. The van der Waals surface area contributed by atoms with Gasteiger partial charge < -0.3 is 10.2 Å². The summed E-state index contributed by atoms with van der Waals surface area (Å²) < 4.78 is 58.4. The number of benzene rings is 2. The lowest BCUT2D eigenvalue weighted by molar-refractivity contribution is -0.190. The summed E-state index contributed by atoms with van der Waals surface area (Å²) in [4.78, 5) is 40.4. The van der Waals surface area contributed by atoms with Crippen LogP contribution in [0.4, 0.5) is 17.6 Å². The zero-order chi connectivity index (χ0) is 24.9. The molecule has 0 saturated carbocycles. The van der Waals surface area contributed by atoms with E-state index >= 15 is 0 Å². The Morgan fingerprint density at radius 2 is 1.62 bits per heavy atom. The van der Waals surface area contributed by atoms with E-state index in [4.69, 9.17) is 0 Å². The van der Waals surface area contributed by atoms with E-state index < -0.39 is 51.7 Å². The molecule has 0 bridgehead atoms. The lowest BCUT2D eigenvalue weighted by Gasteiger charge is -2.35. The third kappa shape index (κ3) is 3.78. The molecule has 9 heteroatoms. The summed E-state index contributed by atoms with van der Waals surface area (Å²) in [6.07, 6.45) is -5.56. The predicted octanol–water partition coefficient (Wildman–Crippen LogP) is 4.54. The fraction of sp³-hybridized carbons (Fsp3) is 0.320. The van der Waals surface area contributed by atoms with Gasteiger partial charge in [0.25, 0.3) is 11.8 Å². The number of hydrogen-bond donors (Lipinski definition) is 1. The zero-order valence-corrected chi connectivity index (χ0v) is 18.5. The molecule has 2 aliphatic rings. The summed E-state index contributed by atoms with van der Waals surface area (Å²) in [5.74, 6) is -4.84. The van der Waals surface area contributed by atoms with Crippen molar-refractivity contribution in [1.29, 1.82) is 0 Å². The molecule has 0 spiro atoms. The minimum Gasteiger partial charge on any atom is -0.326 e. The Kier molecular flexibility index (Phi) is 5.62. The highest BCUT2D eigenvalue weighted by molar-refractivity contribution is 6.14.